The summed E-state index contributed by atoms with van der Waals surface area (Å²) in [6.45, 7) is 0. The van der Waals surface area contributed by atoms with Crippen molar-refractivity contribution in [3.05, 3.63) is 18.3 Å². The van der Waals surface area contributed by atoms with Crippen LogP contribution in [0.3, 0.4) is 0 Å². The molecule has 0 spiro atoms. The van der Waals surface area contributed by atoms with Crippen LogP contribution in [-0.2, 0) is 17.1 Å². The summed E-state index contributed by atoms with van der Waals surface area (Å²) in [6.07, 6.45) is 1.50. The van der Waals surface area contributed by atoms with Gasteiger partial charge in [0.15, 0.2) is 0 Å². The molecule has 0 saturated carbocycles. The zero-order valence-electron chi connectivity index (χ0n) is 7.38. The first-order chi connectivity index (χ1) is 6.50. The normalized spacial score (nSPS) is 12.1. The molecule has 7 heteroatoms. The molecule has 0 aromatic carbocycles. The Morgan fingerprint density at radius 2 is 2.21 bits per heavy atom. The predicted molar refractivity (Wildman–Crippen MR) is 49.9 cm³/mol. The molecule has 2 aromatic rings. The largest absolute Gasteiger partial charge is 0.265 e. The Labute approximate surface area is 80.4 Å². The molecule has 0 bridgehead atoms. The molecule has 0 aliphatic heterocycles. The molecule has 0 aliphatic carbocycles. The van der Waals surface area contributed by atoms with Gasteiger partial charge in [0.1, 0.15) is 5.52 Å². The van der Waals surface area contributed by atoms with E-state index in [0.29, 0.717) is 11.0 Å². The summed E-state index contributed by atoms with van der Waals surface area (Å²) in [5, 5.41) is 8.61. The van der Waals surface area contributed by atoms with Crippen LogP contribution in [0.2, 0.25) is 0 Å². The second-order valence-corrected chi connectivity index (χ2v) is 4.32. The van der Waals surface area contributed by atoms with Gasteiger partial charge in [0.2, 0.25) is 5.03 Å². The van der Waals surface area contributed by atoms with Crippen molar-refractivity contribution in [2.45, 2.75) is 5.03 Å². The van der Waals surface area contributed by atoms with Crippen LogP contribution in [0.25, 0.3) is 11.0 Å². The summed E-state index contributed by atoms with van der Waals surface area (Å²) in [4.78, 5) is 3.93. The van der Waals surface area contributed by atoms with E-state index in [4.69, 9.17) is 5.14 Å². The highest BCUT2D eigenvalue weighted by atomic mass is 32.2. The minimum Gasteiger partial charge on any atom is -0.265 e. The molecule has 0 aliphatic rings. The zero-order chi connectivity index (χ0) is 10.3. The van der Waals surface area contributed by atoms with Crippen LogP contribution in [0.15, 0.2) is 23.4 Å². The van der Waals surface area contributed by atoms with Crippen molar-refractivity contribution < 1.29 is 8.42 Å². The van der Waals surface area contributed by atoms with Crippen LogP contribution in [0.5, 0.6) is 0 Å². The lowest BCUT2D eigenvalue weighted by atomic mass is 10.4. The van der Waals surface area contributed by atoms with Gasteiger partial charge in [0, 0.05) is 13.2 Å². The zero-order valence-corrected chi connectivity index (χ0v) is 8.19. The molecule has 0 radical (unpaired) electrons. The molecule has 2 heterocycles. The van der Waals surface area contributed by atoms with Crippen molar-refractivity contribution in [2.24, 2.45) is 12.2 Å². The number of aromatic nitrogens is 3. The average Bonchev–Trinajstić information content (AvgIpc) is 2.44. The monoisotopic (exact) mass is 212 g/mol. The third-order valence-corrected chi connectivity index (χ3v) is 2.66. The number of nitrogens with two attached hydrogens (primary N) is 1. The molecule has 0 unspecified atom stereocenters. The first kappa shape index (κ1) is 9.10. The van der Waals surface area contributed by atoms with Crippen molar-refractivity contribution in [1.82, 2.24) is 14.8 Å². The van der Waals surface area contributed by atoms with Crippen molar-refractivity contribution >= 4 is 21.1 Å². The maximum absolute atomic E-state index is 11.1. The van der Waals surface area contributed by atoms with Crippen LogP contribution in [0, 0.1) is 0 Å². The number of sulfonamides is 1. The molecule has 0 fully saturated rings. The Bertz CT molecular complexity index is 587. The lowest BCUT2D eigenvalue weighted by Crippen LogP contribution is -2.13. The van der Waals surface area contributed by atoms with E-state index in [1.165, 1.54) is 10.9 Å². The van der Waals surface area contributed by atoms with Crippen molar-refractivity contribution in [3.8, 4) is 0 Å². The standard InChI is InChI=1S/C7H8N4O2S/c1-11-5-3-2-4-9-6(5)7(10-11)14(8,12)13/h2-4H,1H3,(H2,8,12,13). The minimum absolute atomic E-state index is 0.185. The fraction of sp³-hybridized carbons (Fsp3) is 0.143. The van der Waals surface area contributed by atoms with Gasteiger partial charge in [0.05, 0.1) is 5.52 Å². The lowest BCUT2D eigenvalue weighted by Gasteiger charge is -1.90. The van der Waals surface area contributed by atoms with Crippen molar-refractivity contribution in [3.63, 3.8) is 0 Å². The first-order valence-corrected chi connectivity index (χ1v) is 5.35. The maximum Gasteiger partial charge on any atom is 0.259 e. The topological polar surface area (TPSA) is 90.9 Å². The van der Waals surface area contributed by atoms with Crippen LogP contribution in [-0.4, -0.2) is 23.2 Å². The van der Waals surface area contributed by atoms with E-state index in [-0.39, 0.29) is 5.03 Å². The predicted octanol–water partition coefficient (Wildman–Crippen LogP) is -0.384. The molecule has 0 amide bonds. The molecular formula is C7H8N4O2S. The van der Waals surface area contributed by atoms with E-state index in [9.17, 15) is 8.42 Å². The lowest BCUT2D eigenvalue weighted by molar-refractivity contribution is 0.591. The Balaban J connectivity index is 2.93. The van der Waals surface area contributed by atoms with Gasteiger partial charge < -0.3 is 0 Å². The average molecular weight is 212 g/mol. The Kier molecular flexibility index (Phi) is 1.79. The van der Waals surface area contributed by atoms with Gasteiger partial charge in [-0.1, -0.05) is 0 Å². The van der Waals surface area contributed by atoms with E-state index >= 15 is 0 Å². The smallest absolute Gasteiger partial charge is 0.259 e. The van der Waals surface area contributed by atoms with Gasteiger partial charge >= 0.3 is 0 Å². The highest BCUT2D eigenvalue weighted by molar-refractivity contribution is 7.89. The Morgan fingerprint density at radius 3 is 2.86 bits per heavy atom. The van der Waals surface area contributed by atoms with Crippen molar-refractivity contribution in [2.75, 3.05) is 0 Å². The van der Waals surface area contributed by atoms with Gasteiger partial charge in [0.25, 0.3) is 10.0 Å². The molecule has 14 heavy (non-hydrogen) atoms. The summed E-state index contributed by atoms with van der Waals surface area (Å²) in [5.41, 5.74) is 0.939. The van der Waals surface area contributed by atoms with E-state index in [1.807, 2.05) is 0 Å². The quantitative estimate of drug-likeness (QED) is 0.697. The highest BCUT2D eigenvalue weighted by Crippen LogP contribution is 2.17. The van der Waals surface area contributed by atoms with E-state index in [1.54, 1.807) is 19.2 Å². The third kappa shape index (κ3) is 1.26. The van der Waals surface area contributed by atoms with E-state index in [2.05, 4.69) is 10.1 Å². The second-order valence-electron chi connectivity index (χ2n) is 2.84. The number of primary sulfonamides is 1. The molecule has 2 aromatic heterocycles. The SMILES string of the molecule is Cn1nc(S(N)(=O)=O)c2ncccc21. The summed E-state index contributed by atoms with van der Waals surface area (Å²) < 4.78 is 23.7. The molecule has 0 saturated heterocycles. The van der Waals surface area contributed by atoms with Gasteiger partial charge in [-0.2, -0.15) is 5.10 Å². The van der Waals surface area contributed by atoms with Crippen LogP contribution < -0.4 is 5.14 Å². The molecular weight excluding hydrogens is 204 g/mol. The number of fused-ring (bicyclic) bond motifs is 1. The highest BCUT2D eigenvalue weighted by Gasteiger charge is 2.18. The molecule has 2 N–H and O–H groups in total. The maximum atomic E-state index is 11.1. The fourth-order valence-corrected chi connectivity index (χ4v) is 1.91. The summed E-state index contributed by atoms with van der Waals surface area (Å²) in [5.74, 6) is 0. The van der Waals surface area contributed by atoms with E-state index in [0.717, 1.165) is 0 Å². The Hall–Kier alpha value is -1.47. The fourth-order valence-electron chi connectivity index (χ4n) is 1.25. The molecule has 2 rings (SSSR count). The van der Waals surface area contributed by atoms with Gasteiger partial charge in [-0.25, -0.2) is 13.6 Å². The molecule has 6 nitrogen and oxygen atoms in total. The van der Waals surface area contributed by atoms with E-state index < -0.39 is 10.0 Å². The van der Waals surface area contributed by atoms with Crippen LogP contribution >= 0.6 is 0 Å². The summed E-state index contributed by atoms with van der Waals surface area (Å²) >= 11 is 0. The summed E-state index contributed by atoms with van der Waals surface area (Å²) in [7, 11) is -2.17. The number of hydrogen-bond acceptors (Lipinski definition) is 4. The van der Waals surface area contributed by atoms with Crippen LogP contribution in [0.4, 0.5) is 0 Å². The molecule has 74 valence electrons. The number of rotatable bonds is 1. The second kappa shape index (κ2) is 2.76. The van der Waals surface area contributed by atoms with Gasteiger partial charge in [-0.3, -0.25) is 9.67 Å². The summed E-state index contributed by atoms with van der Waals surface area (Å²) in [6, 6.07) is 3.43. The van der Waals surface area contributed by atoms with Crippen LogP contribution in [0.1, 0.15) is 0 Å². The number of aryl methyl sites for hydroxylation is 1. The molecule has 0 atom stereocenters. The number of hydrogen-bond donors (Lipinski definition) is 1. The van der Waals surface area contributed by atoms with Gasteiger partial charge in [-0.05, 0) is 12.1 Å². The van der Waals surface area contributed by atoms with Crippen molar-refractivity contribution in [1.29, 1.82) is 0 Å². The van der Waals surface area contributed by atoms with Gasteiger partial charge in [-0.15, -0.1) is 0 Å². The number of pyridine rings is 1. The first-order valence-electron chi connectivity index (χ1n) is 3.80. The third-order valence-electron chi connectivity index (χ3n) is 1.85. The Morgan fingerprint density at radius 1 is 1.50 bits per heavy atom. The number of nitrogens with zero attached hydrogens (tertiary/aromatic N) is 3. The minimum atomic E-state index is -3.80.